The van der Waals surface area contributed by atoms with Crippen LogP contribution in [0.1, 0.15) is 11.1 Å². The average molecular weight is 360 g/mol. The SMILES string of the molecule is O=C1Cc2ccccc2N1OS(=O)(=O)ON1C(=O)Cc2ccccc21. The highest BCUT2D eigenvalue weighted by Gasteiger charge is 2.37. The van der Waals surface area contributed by atoms with Gasteiger partial charge in [0.2, 0.25) is 0 Å². The lowest BCUT2D eigenvalue weighted by Crippen LogP contribution is -2.36. The molecule has 0 N–H and O–H groups in total. The summed E-state index contributed by atoms with van der Waals surface area (Å²) < 4.78 is 34.0. The molecule has 0 bridgehead atoms. The molecule has 9 heteroatoms. The molecule has 25 heavy (non-hydrogen) atoms. The summed E-state index contributed by atoms with van der Waals surface area (Å²) in [6, 6.07) is 13.3. The Morgan fingerprint density at radius 3 is 1.56 bits per heavy atom. The van der Waals surface area contributed by atoms with Gasteiger partial charge in [0.05, 0.1) is 24.2 Å². The molecule has 0 aromatic heterocycles. The van der Waals surface area contributed by atoms with Crippen molar-refractivity contribution in [1.29, 1.82) is 0 Å². The number of rotatable bonds is 4. The summed E-state index contributed by atoms with van der Waals surface area (Å²) in [5.41, 5.74) is 1.94. The number of para-hydroxylation sites is 2. The predicted molar refractivity (Wildman–Crippen MR) is 86.4 cm³/mol. The molecular formula is C16H12N2O6S. The van der Waals surface area contributed by atoms with Crippen LogP contribution < -0.4 is 10.1 Å². The van der Waals surface area contributed by atoms with Gasteiger partial charge in [-0.2, -0.15) is 18.5 Å². The Bertz CT molecular complexity index is 914. The number of anilines is 2. The molecule has 2 aromatic rings. The zero-order valence-electron chi connectivity index (χ0n) is 12.8. The number of benzene rings is 2. The van der Waals surface area contributed by atoms with E-state index in [2.05, 4.69) is 0 Å². The summed E-state index contributed by atoms with van der Waals surface area (Å²) in [7, 11) is -4.69. The van der Waals surface area contributed by atoms with E-state index in [1.165, 1.54) is 0 Å². The predicted octanol–water partition coefficient (Wildman–Crippen LogP) is 1.27. The van der Waals surface area contributed by atoms with Gasteiger partial charge in [-0.3, -0.25) is 9.59 Å². The minimum Gasteiger partial charge on any atom is -0.272 e. The van der Waals surface area contributed by atoms with Gasteiger partial charge < -0.3 is 0 Å². The Hall–Kier alpha value is -2.75. The van der Waals surface area contributed by atoms with Crippen molar-refractivity contribution in [1.82, 2.24) is 0 Å². The van der Waals surface area contributed by atoms with Gasteiger partial charge in [0.1, 0.15) is 0 Å². The Kier molecular flexibility index (Phi) is 3.57. The number of nitrogens with zero attached hydrogens (tertiary/aromatic N) is 2. The topological polar surface area (TPSA) is 93.2 Å². The minimum absolute atomic E-state index is 0.0250. The van der Waals surface area contributed by atoms with Crippen LogP contribution in [0.15, 0.2) is 48.5 Å². The van der Waals surface area contributed by atoms with E-state index in [0.717, 1.165) is 0 Å². The minimum atomic E-state index is -4.69. The molecule has 2 amide bonds. The van der Waals surface area contributed by atoms with Crippen molar-refractivity contribution in [2.24, 2.45) is 0 Å². The molecule has 0 saturated carbocycles. The molecule has 2 aliphatic rings. The van der Waals surface area contributed by atoms with Gasteiger partial charge >= 0.3 is 10.4 Å². The van der Waals surface area contributed by atoms with Crippen LogP contribution in [0.3, 0.4) is 0 Å². The third kappa shape index (κ3) is 2.78. The van der Waals surface area contributed by atoms with Gasteiger partial charge in [0.15, 0.2) is 0 Å². The second-order valence-corrected chi connectivity index (χ2v) is 6.66. The standard InChI is InChI=1S/C16H12N2O6S/c19-15-9-11-5-1-3-7-13(11)17(15)23-25(21,22)24-18-14-8-4-2-6-12(14)10-16(18)20/h1-8H,9-10H2. The number of fused-ring (bicyclic) bond motifs is 2. The Labute approximate surface area is 143 Å². The van der Waals surface area contributed by atoms with Gasteiger partial charge in [0.25, 0.3) is 11.8 Å². The number of carbonyl (C=O) groups is 2. The first kappa shape index (κ1) is 15.8. The maximum atomic E-state index is 12.2. The fourth-order valence-electron chi connectivity index (χ4n) is 2.81. The molecular weight excluding hydrogens is 348 g/mol. The molecule has 2 aliphatic heterocycles. The molecule has 4 rings (SSSR count). The normalized spacial score (nSPS) is 16.3. The molecule has 0 atom stereocenters. The van der Waals surface area contributed by atoms with E-state index in [1.54, 1.807) is 48.5 Å². The quantitative estimate of drug-likeness (QED) is 0.815. The zero-order chi connectivity index (χ0) is 17.6. The first-order valence-corrected chi connectivity index (χ1v) is 8.74. The largest absolute Gasteiger partial charge is 0.443 e. The lowest BCUT2D eigenvalue weighted by molar-refractivity contribution is -0.122. The Morgan fingerprint density at radius 2 is 1.12 bits per heavy atom. The number of hydrogen-bond acceptors (Lipinski definition) is 6. The maximum absolute atomic E-state index is 12.2. The first-order chi connectivity index (χ1) is 11.9. The van der Waals surface area contributed by atoms with Crippen LogP contribution >= 0.6 is 0 Å². The van der Waals surface area contributed by atoms with Crippen molar-refractivity contribution in [3.63, 3.8) is 0 Å². The number of hydroxylamine groups is 2. The van der Waals surface area contributed by atoms with Gasteiger partial charge in [-0.1, -0.05) is 36.4 Å². The Morgan fingerprint density at radius 1 is 0.720 bits per heavy atom. The lowest BCUT2D eigenvalue weighted by atomic mass is 10.2. The van der Waals surface area contributed by atoms with Crippen LogP contribution in [0.2, 0.25) is 0 Å². The van der Waals surface area contributed by atoms with E-state index in [-0.39, 0.29) is 12.8 Å². The number of hydrogen-bond donors (Lipinski definition) is 0. The molecule has 128 valence electrons. The Balaban J connectivity index is 1.58. The van der Waals surface area contributed by atoms with Crippen LogP contribution in [0.25, 0.3) is 0 Å². The second-order valence-electron chi connectivity index (χ2n) is 5.54. The van der Waals surface area contributed by atoms with E-state index >= 15 is 0 Å². The molecule has 2 aromatic carbocycles. The van der Waals surface area contributed by atoms with Crippen molar-refractivity contribution in [2.45, 2.75) is 12.8 Å². The summed E-state index contributed by atoms with van der Waals surface area (Å²) in [5.74, 6) is -1.08. The van der Waals surface area contributed by atoms with Crippen LogP contribution in [-0.4, -0.2) is 20.2 Å². The van der Waals surface area contributed by atoms with Gasteiger partial charge in [-0.05, 0) is 23.3 Å². The van der Waals surface area contributed by atoms with Crippen molar-refractivity contribution in [3.8, 4) is 0 Å². The van der Waals surface area contributed by atoms with E-state index in [4.69, 9.17) is 8.57 Å². The van der Waals surface area contributed by atoms with E-state index in [1.807, 2.05) is 0 Å². The van der Waals surface area contributed by atoms with E-state index in [0.29, 0.717) is 32.6 Å². The zero-order valence-corrected chi connectivity index (χ0v) is 13.6. The van der Waals surface area contributed by atoms with Gasteiger partial charge in [-0.15, -0.1) is 8.57 Å². The molecule has 0 unspecified atom stereocenters. The van der Waals surface area contributed by atoms with Crippen LogP contribution in [0.4, 0.5) is 11.4 Å². The summed E-state index contributed by atoms with van der Waals surface area (Å²) >= 11 is 0. The van der Waals surface area contributed by atoms with Crippen molar-refractivity contribution in [2.75, 3.05) is 10.1 Å². The maximum Gasteiger partial charge on any atom is 0.443 e. The smallest absolute Gasteiger partial charge is 0.272 e. The molecule has 0 aliphatic carbocycles. The molecule has 0 spiro atoms. The highest BCUT2D eigenvalue weighted by atomic mass is 32.3. The first-order valence-electron chi connectivity index (χ1n) is 7.40. The fraction of sp³-hybridized carbons (Fsp3) is 0.125. The number of carbonyl (C=O) groups excluding carboxylic acids is 2. The summed E-state index contributed by atoms with van der Waals surface area (Å²) in [6.45, 7) is 0. The molecule has 0 radical (unpaired) electrons. The summed E-state index contributed by atoms with van der Waals surface area (Å²) in [5, 5.41) is 1.33. The van der Waals surface area contributed by atoms with Gasteiger partial charge in [-0.25, -0.2) is 0 Å². The molecule has 0 fully saturated rings. The van der Waals surface area contributed by atoms with Crippen LogP contribution in [0.5, 0.6) is 0 Å². The number of amides is 2. The third-order valence-corrected chi connectivity index (χ3v) is 4.55. The fourth-order valence-corrected chi connectivity index (χ4v) is 3.53. The molecule has 2 heterocycles. The van der Waals surface area contributed by atoms with Crippen LogP contribution in [0, 0.1) is 0 Å². The highest BCUT2D eigenvalue weighted by Crippen LogP contribution is 2.32. The molecule has 0 saturated heterocycles. The van der Waals surface area contributed by atoms with Gasteiger partial charge in [0, 0.05) is 0 Å². The molecule has 8 nitrogen and oxygen atoms in total. The van der Waals surface area contributed by atoms with Crippen molar-refractivity contribution in [3.05, 3.63) is 59.7 Å². The summed E-state index contributed by atoms with van der Waals surface area (Å²) in [6.07, 6.45) is 0.0499. The van der Waals surface area contributed by atoms with E-state index in [9.17, 15) is 18.0 Å². The summed E-state index contributed by atoms with van der Waals surface area (Å²) in [4.78, 5) is 24.0. The average Bonchev–Trinajstić information content (AvgIpc) is 3.05. The third-order valence-electron chi connectivity index (χ3n) is 3.89. The lowest BCUT2D eigenvalue weighted by Gasteiger charge is -2.19. The second kappa shape index (κ2) is 5.66. The van der Waals surface area contributed by atoms with E-state index < -0.39 is 22.2 Å². The highest BCUT2D eigenvalue weighted by molar-refractivity contribution is 7.82. The van der Waals surface area contributed by atoms with Crippen LogP contribution in [-0.2, 0) is 41.4 Å². The van der Waals surface area contributed by atoms with Crippen molar-refractivity contribution < 1.29 is 26.6 Å². The monoisotopic (exact) mass is 360 g/mol. The van der Waals surface area contributed by atoms with Crippen molar-refractivity contribution >= 4 is 33.6 Å².